The third kappa shape index (κ3) is 2.96. The molecule has 0 aromatic heterocycles. The topological polar surface area (TPSA) is 29.1 Å². The molecule has 0 unspecified atom stereocenters. The van der Waals surface area contributed by atoms with Gasteiger partial charge in [-0.2, -0.15) is 0 Å². The summed E-state index contributed by atoms with van der Waals surface area (Å²) in [5, 5.41) is 2.84. The zero-order valence-corrected chi connectivity index (χ0v) is 9.70. The van der Waals surface area contributed by atoms with Crippen molar-refractivity contribution in [3.05, 3.63) is 29.8 Å². The lowest BCUT2D eigenvalue weighted by Gasteiger charge is -2.06. The first-order valence-corrected chi connectivity index (χ1v) is 6.35. The van der Waals surface area contributed by atoms with Crippen LogP contribution in [0.25, 0.3) is 0 Å². The predicted octanol–water partition coefficient (Wildman–Crippen LogP) is 2.76. The summed E-state index contributed by atoms with van der Waals surface area (Å²) in [5.74, 6) is -0.0241. The molecular formula is C10H13NOS2. The molecule has 14 heavy (non-hydrogen) atoms. The van der Waals surface area contributed by atoms with E-state index in [0.717, 1.165) is 11.3 Å². The number of hydrogen-bond donors (Lipinski definition) is 2. The molecule has 0 saturated heterocycles. The summed E-state index contributed by atoms with van der Waals surface area (Å²) < 4.78 is 0. The van der Waals surface area contributed by atoms with Crippen LogP contribution < -0.4 is 5.32 Å². The van der Waals surface area contributed by atoms with E-state index in [1.54, 1.807) is 0 Å². The highest BCUT2D eigenvalue weighted by Gasteiger charge is 2.08. The second-order valence-electron chi connectivity index (χ2n) is 2.84. The van der Waals surface area contributed by atoms with Crippen molar-refractivity contribution in [3.63, 3.8) is 0 Å². The Morgan fingerprint density at radius 2 is 2.21 bits per heavy atom. The van der Waals surface area contributed by atoms with Crippen molar-refractivity contribution in [1.29, 1.82) is 0 Å². The van der Waals surface area contributed by atoms with Crippen LogP contribution in [-0.2, 0) is 0 Å². The van der Waals surface area contributed by atoms with Crippen LogP contribution in [0.2, 0.25) is 0 Å². The molecule has 0 radical (unpaired) electrons. The summed E-state index contributed by atoms with van der Waals surface area (Å²) in [6, 6.07) is 7.45. The first-order valence-electron chi connectivity index (χ1n) is 4.48. The van der Waals surface area contributed by atoms with Crippen LogP contribution in [0.3, 0.4) is 0 Å². The van der Waals surface area contributed by atoms with Gasteiger partial charge >= 0.3 is 0 Å². The molecule has 4 heteroatoms. The Morgan fingerprint density at radius 3 is 2.86 bits per heavy atom. The number of amides is 1. The monoisotopic (exact) mass is 227 g/mol. The van der Waals surface area contributed by atoms with E-state index in [-0.39, 0.29) is 5.91 Å². The summed E-state index contributed by atoms with van der Waals surface area (Å²) in [6.45, 7) is 2.74. The average Bonchev–Trinajstić information content (AvgIpc) is 2.25. The summed E-state index contributed by atoms with van der Waals surface area (Å²) in [7, 11) is 1.29. The van der Waals surface area contributed by atoms with E-state index < -0.39 is 0 Å². The van der Waals surface area contributed by atoms with E-state index in [4.69, 9.17) is 0 Å². The van der Waals surface area contributed by atoms with Crippen molar-refractivity contribution in [1.82, 2.24) is 5.32 Å². The van der Waals surface area contributed by atoms with Crippen molar-refractivity contribution < 1.29 is 4.79 Å². The second-order valence-corrected chi connectivity index (χ2v) is 4.01. The Labute approximate surface area is 93.3 Å². The maximum atomic E-state index is 11.6. The first-order chi connectivity index (χ1) is 6.79. The standard InChI is InChI=1S/C10H13NOS2/c1-2-7-11-10(12)8-5-3-4-6-9(8)14-13/h3-6,13H,2,7H2,1H3,(H,11,12). The van der Waals surface area contributed by atoms with Gasteiger partial charge in [0.05, 0.1) is 5.56 Å². The summed E-state index contributed by atoms with van der Waals surface area (Å²) in [4.78, 5) is 12.5. The van der Waals surface area contributed by atoms with E-state index >= 15 is 0 Å². The molecule has 1 aromatic carbocycles. The lowest BCUT2D eigenvalue weighted by atomic mass is 10.2. The van der Waals surface area contributed by atoms with Crippen LogP contribution in [0.15, 0.2) is 29.2 Å². The van der Waals surface area contributed by atoms with Crippen LogP contribution in [0.1, 0.15) is 23.7 Å². The lowest BCUT2D eigenvalue weighted by molar-refractivity contribution is 0.0951. The van der Waals surface area contributed by atoms with Gasteiger partial charge in [-0.05, 0) is 18.6 Å². The number of nitrogens with one attached hydrogen (secondary N) is 1. The molecule has 0 bridgehead atoms. The normalized spacial score (nSPS) is 9.86. The Bertz CT molecular complexity index is 315. The molecule has 1 rings (SSSR count). The Balaban J connectivity index is 2.78. The molecule has 0 aliphatic heterocycles. The molecule has 0 heterocycles. The molecular weight excluding hydrogens is 214 g/mol. The van der Waals surface area contributed by atoms with Crippen molar-refractivity contribution in [2.24, 2.45) is 0 Å². The van der Waals surface area contributed by atoms with Gasteiger partial charge in [0.15, 0.2) is 0 Å². The SMILES string of the molecule is CCCNC(=O)c1ccccc1SS. The molecule has 0 fully saturated rings. The number of thiol groups is 1. The molecule has 76 valence electrons. The Kier molecular flexibility index (Phi) is 4.90. The third-order valence-corrected chi connectivity index (χ3v) is 2.91. The van der Waals surface area contributed by atoms with E-state index in [2.05, 4.69) is 17.0 Å². The van der Waals surface area contributed by atoms with Gasteiger partial charge in [0.2, 0.25) is 0 Å². The van der Waals surface area contributed by atoms with E-state index in [1.165, 1.54) is 10.8 Å². The van der Waals surface area contributed by atoms with E-state index in [1.807, 2.05) is 31.2 Å². The highest BCUT2D eigenvalue weighted by atomic mass is 33.1. The molecule has 1 N–H and O–H groups in total. The number of hydrogen-bond acceptors (Lipinski definition) is 3. The number of rotatable bonds is 4. The van der Waals surface area contributed by atoms with Gasteiger partial charge < -0.3 is 5.32 Å². The summed E-state index contributed by atoms with van der Waals surface area (Å²) in [5.41, 5.74) is 0.695. The second kappa shape index (κ2) is 5.98. The number of carbonyl (C=O) groups excluding carboxylic acids is 1. The fraction of sp³-hybridized carbons (Fsp3) is 0.300. The highest BCUT2D eigenvalue weighted by molar-refractivity contribution is 8.68. The minimum atomic E-state index is -0.0241. The van der Waals surface area contributed by atoms with Gasteiger partial charge in [0, 0.05) is 11.4 Å². The van der Waals surface area contributed by atoms with Gasteiger partial charge in [-0.1, -0.05) is 29.9 Å². The Morgan fingerprint density at radius 1 is 1.50 bits per heavy atom. The van der Waals surface area contributed by atoms with Gasteiger partial charge in [-0.15, -0.1) is 11.7 Å². The van der Waals surface area contributed by atoms with Crippen LogP contribution in [-0.4, -0.2) is 12.5 Å². The predicted molar refractivity (Wildman–Crippen MR) is 63.9 cm³/mol. The zero-order valence-electron chi connectivity index (χ0n) is 7.99. The van der Waals surface area contributed by atoms with Crippen molar-refractivity contribution in [3.8, 4) is 0 Å². The van der Waals surface area contributed by atoms with Crippen molar-refractivity contribution in [2.45, 2.75) is 18.2 Å². The smallest absolute Gasteiger partial charge is 0.252 e. The Hall–Kier alpha value is -0.610. The number of benzene rings is 1. The molecule has 0 spiro atoms. The van der Waals surface area contributed by atoms with Gasteiger partial charge in [0.1, 0.15) is 0 Å². The average molecular weight is 227 g/mol. The lowest BCUT2D eigenvalue weighted by Crippen LogP contribution is -2.24. The van der Waals surface area contributed by atoms with Crippen LogP contribution >= 0.6 is 22.5 Å². The summed E-state index contributed by atoms with van der Waals surface area (Å²) in [6.07, 6.45) is 0.946. The maximum Gasteiger partial charge on any atom is 0.252 e. The first kappa shape index (κ1) is 11.5. The maximum absolute atomic E-state index is 11.6. The minimum absolute atomic E-state index is 0.0241. The van der Waals surface area contributed by atoms with Gasteiger partial charge in [0.25, 0.3) is 5.91 Å². The van der Waals surface area contributed by atoms with E-state index in [0.29, 0.717) is 12.1 Å². The fourth-order valence-corrected chi connectivity index (χ4v) is 1.94. The molecule has 1 amide bonds. The quantitative estimate of drug-likeness (QED) is 0.612. The van der Waals surface area contributed by atoms with Crippen molar-refractivity contribution in [2.75, 3.05) is 6.54 Å². The van der Waals surface area contributed by atoms with Crippen LogP contribution in [0, 0.1) is 0 Å². The van der Waals surface area contributed by atoms with Gasteiger partial charge in [-0.25, -0.2) is 0 Å². The molecule has 0 saturated carbocycles. The zero-order chi connectivity index (χ0) is 10.4. The molecule has 2 nitrogen and oxygen atoms in total. The minimum Gasteiger partial charge on any atom is -0.352 e. The third-order valence-electron chi connectivity index (χ3n) is 1.77. The van der Waals surface area contributed by atoms with Gasteiger partial charge in [-0.3, -0.25) is 4.79 Å². The van der Waals surface area contributed by atoms with E-state index in [9.17, 15) is 4.79 Å². The van der Waals surface area contributed by atoms with Crippen LogP contribution in [0.4, 0.5) is 0 Å². The fourth-order valence-electron chi connectivity index (χ4n) is 1.07. The summed E-state index contributed by atoms with van der Waals surface area (Å²) >= 11 is 4.10. The van der Waals surface area contributed by atoms with Crippen LogP contribution in [0.5, 0.6) is 0 Å². The highest BCUT2D eigenvalue weighted by Crippen LogP contribution is 2.25. The largest absolute Gasteiger partial charge is 0.352 e. The number of carbonyl (C=O) groups is 1. The molecule has 1 aromatic rings. The molecule has 0 aliphatic carbocycles. The molecule has 0 aliphatic rings. The van der Waals surface area contributed by atoms with Crippen molar-refractivity contribution >= 4 is 28.4 Å². The molecule has 0 atom stereocenters.